The van der Waals surface area contributed by atoms with Gasteiger partial charge in [-0.15, -0.1) is 0 Å². The van der Waals surface area contributed by atoms with Crippen molar-refractivity contribution < 1.29 is 0 Å². The summed E-state index contributed by atoms with van der Waals surface area (Å²) in [6.07, 6.45) is 7.88. The molecule has 0 bridgehead atoms. The van der Waals surface area contributed by atoms with Crippen molar-refractivity contribution in [2.75, 3.05) is 11.6 Å². The number of para-hydroxylation sites is 1. The molecule has 0 amide bonds. The van der Waals surface area contributed by atoms with Crippen molar-refractivity contribution in [3.8, 4) is 0 Å². The van der Waals surface area contributed by atoms with E-state index < -0.39 is 0 Å². The summed E-state index contributed by atoms with van der Waals surface area (Å²) in [6.45, 7) is 0.721. The second kappa shape index (κ2) is 3.50. The molecule has 1 aromatic carbocycles. The molecule has 0 aliphatic carbocycles. The van der Waals surface area contributed by atoms with Crippen LogP contribution in [0.3, 0.4) is 0 Å². The number of dihydropyridines is 1. The predicted octanol–water partition coefficient (Wildman–Crippen LogP) is 2.15. The third-order valence-electron chi connectivity index (χ3n) is 3.10. The van der Waals surface area contributed by atoms with Crippen LogP contribution in [0.5, 0.6) is 0 Å². The average molecular weight is 234 g/mol. The zero-order chi connectivity index (χ0) is 11.9. The lowest BCUT2D eigenvalue weighted by Crippen LogP contribution is -2.30. The summed E-state index contributed by atoms with van der Waals surface area (Å²) in [5.74, 6) is 0.825. The van der Waals surface area contributed by atoms with Crippen molar-refractivity contribution in [3.63, 3.8) is 0 Å². The van der Waals surface area contributed by atoms with Crippen molar-refractivity contribution in [3.05, 3.63) is 53.9 Å². The molecule has 3 aliphatic heterocycles. The van der Waals surface area contributed by atoms with Crippen molar-refractivity contribution in [2.45, 2.75) is 0 Å². The molecule has 0 saturated carbocycles. The molecule has 0 unspecified atom stereocenters. The summed E-state index contributed by atoms with van der Waals surface area (Å²) in [5, 5.41) is 6.49. The Morgan fingerprint density at radius 1 is 1.11 bits per heavy atom. The number of benzene rings is 1. The van der Waals surface area contributed by atoms with E-state index in [1.807, 2.05) is 53.7 Å². The van der Waals surface area contributed by atoms with Crippen molar-refractivity contribution in [2.24, 2.45) is 15.1 Å². The fraction of sp³-hybridized carbons (Fsp3) is 0.0714. The highest BCUT2D eigenvalue weighted by Gasteiger charge is 2.24. The lowest BCUT2D eigenvalue weighted by molar-refractivity contribution is 0.961. The van der Waals surface area contributed by atoms with Gasteiger partial charge in [-0.05, 0) is 12.1 Å². The van der Waals surface area contributed by atoms with Gasteiger partial charge in [-0.2, -0.15) is 5.10 Å². The van der Waals surface area contributed by atoms with E-state index in [1.165, 1.54) is 0 Å². The zero-order valence-electron chi connectivity index (χ0n) is 9.61. The quantitative estimate of drug-likeness (QED) is 0.678. The van der Waals surface area contributed by atoms with Gasteiger partial charge in [-0.1, -0.05) is 24.3 Å². The van der Waals surface area contributed by atoms with Gasteiger partial charge in [0.2, 0.25) is 0 Å². The van der Waals surface area contributed by atoms with E-state index in [1.54, 1.807) is 0 Å². The summed E-state index contributed by atoms with van der Waals surface area (Å²) >= 11 is 0. The molecular formula is C14H10N4. The molecule has 3 aliphatic rings. The number of hydrogen-bond acceptors (Lipinski definition) is 4. The van der Waals surface area contributed by atoms with Gasteiger partial charge < -0.3 is 0 Å². The number of hydrogen-bond donors (Lipinski definition) is 0. The van der Waals surface area contributed by atoms with Gasteiger partial charge in [0, 0.05) is 17.9 Å². The standard InChI is InChI=1S/C14H10N4/c1-2-6-13-10(4-1)9-16-14-8-12-11(17-18(13)14)5-3-7-15-12/h1-6,8-9H,7H2. The monoisotopic (exact) mass is 234 g/mol. The highest BCUT2D eigenvalue weighted by atomic mass is 15.5. The highest BCUT2D eigenvalue weighted by molar-refractivity contribution is 6.51. The van der Waals surface area contributed by atoms with Gasteiger partial charge >= 0.3 is 0 Å². The van der Waals surface area contributed by atoms with E-state index in [2.05, 4.69) is 15.1 Å². The fourth-order valence-electron chi connectivity index (χ4n) is 2.22. The van der Waals surface area contributed by atoms with Crippen LogP contribution in [0, 0.1) is 0 Å². The molecule has 3 heterocycles. The number of allylic oxidation sites excluding steroid dienone is 2. The van der Waals surface area contributed by atoms with Gasteiger partial charge in [0.15, 0.2) is 5.82 Å². The van der Waals surface area contributed by atoms with Crippen LogP contribution in [0.2, 0.25) is 0 Å². The third kappa shape index (κ3) is 1.29. The first kappa shape index (κ1) is 9.53. The van der Waals surface area contributed by atoms with Crippen LogP contribution in [-0.4, -0.2) is 24.2 Å². The number of nitrogens with zero attached hydrogens (tertiary/aromatic N) is 4. The van der Waals surface area contributed by atoms with Gasteiger partial charge in [0.05, 0.1) is 17.9 Å². The smallest absolute Gasteiger partial charge is 0.156 e. The van der Waals surface area contributed by atoms with Crippen LogP contribution < -0.4 is 5.01 Å². The summed E-state index contributed by atoms with van der Waals surface area (Å²) in [4.78, 5) is 8.85. The molecule has 4 rings (SSSR count). The fourth-order valence-corrected chi connectivity index (χ4v) is 2.22. The first-order valence-electron chi connectivity index (χ1n) is 5.87. The third-order valence-corrected chi connectivity index (χ3v) is 3.10. The number of hydrazone groups is 1. The van der Waals surface area contributed by atoms with Crippen molar-refractivity contribution in [1.29, 1.82) is 0 Å². The normalized spacial score (nSPS) is 19.3. The number of anilines is 1. The van der Waals surface area contributed by atoms with Crippen LogP contribution in [0.1, 0.15) is 5.56 Å². The van der Waals surface area contributed by atoms with E-state index in [0.29, 0.717) is 0 Å². The molecular weight excluding hydrogens is 224 g/mol. The number of rotatable bonds is 0. The van der Waals surface area contributed by atoms with Gasteiger partial charge in [0.25, 0.3) is 0 Å². The van der Waals surface area contributed by atoms with Gasteiger partial charge in [-0.25, -0.2) is 10.0 Å². The molecule has 0 radical (unpaired) electrons. The van der Waals surface area contributed by atoms with Gasteiger partial charge in [-0.3, -0.25) is 4.99 Å². The van der Waals surface area contributed by atoms with Crippen LogP contribution in [0.15, 0.2) is 63.4 Å². The largest absolute Gasteiger partial charge is 0.279 e. The SMILES string of the molecule is C1=CC2=NN3C(=CC2=NC1)N=Cc1ccccc13. The van der Waals surface area contributed by atoms with Crippen LogP contribution in [0.4, 0.5) is 5.69 Å². The van der Waals surface area contributed by atoms with E-state index in [4.69, 9.17) is 0 Å². The molecule has 1 aromatic rings. The van der Waals surface area contributed by atoms with Crippen molar-refractivity contribution in [1.82, 2.24) is 0 Å². The Labute approximate surface area is 104 Å². The maximum absolute atomic E-state index is 4.62. The van der Waals surface area contributed by atoms with Crippen LogP contribution in [-0.2, 0) is 0 Å². The number of aliphatic imine (C=N–C) groups is 2. The molecule has 4 nitrogen and oxygen atoms in total. The average Bonchev–Trinajstić information content (AvgIpc) is 2.45. The van der Waals surface area contributed by atoms with E-state index in [-0.39, 0.29) is 0 Å². The zero-order valence-corrected chi connectivity index (χ0v) is 9.61. The Kier molecular flexibility index (Phi) is 1.85. The molecule has 0 aromatic heterocycles. The Morgan fingerprint density at radius 2 is 2.06 bits per heavy atom. The summed E-state index contributed by atoms with van der Waals surface area (Å²) in [5.41, 5.74) is 3.96. The predicted molar refractivity (Wildman–Crippen MR) is 73.5 cm³/mol. The van der Waals surface area contributed by atoms with Crippen LogP contribution in [0.25, 0.3) is 0 Å². The minimum Gasteiger partial charge on any atom is -0.279 e. The van der Waals surface area contributed by atoms with Gasteiger partial charge in [0.1, 0.15) is 5.71 Å². The second-order valence-corrected chi connectivity index (χ2v) is 4.24. The van der Waals surface area contributed by atoms with E-state index in [0.717, 1.165) is 35.0 Å². The Hall–Kier alpha value is -2.49. The first-order chi connectivity index (χ1) is 8.92. The maximum atomic E-state index is 4.62. The second-order valence-electron chi connectivity index (χ2n) is 4.24. The maximum Gasteiger partial charge on any atom is 0.156 e. The molecule has 0 fully saturated rings. The highest BCUT2D eigenvalue weighted by Crippen LogP contribution is 2.30. The summed E-state index contributed by atoms with van der Waals surface area (Å²) in [7, 11) is 0. The molecule has 4 heteroatoms. The summed E-state index contributed by atoms with van der Waals surface area (Å²) < 4.78 is 0. The lowest BCUT2D eigenvalue weighted by Gasteiger charge is -2.28. The molecule has 0 atom stereocenters. The lowest BCUT2D eigenvalue weighted by atomic mass is 10.1. The van der Waals surface area contributed by atoms with E-state index >= 15 is 0 Å². The molecule has 0 saturated heterocycles. The Bertz CT molecular complexity index is 677. The number of fused-ring (bicyclic) bond motifs is 4. The van der Waals surface area contributed by atoms with E-state index in [9.17, 15) is 0 Å². The van der Waals surface area contributed by atoms with Crippen LogP contribution >= 0.6 is 0 Å². The van der Waals surface area contributed by atoms with Crippen molar-refractivity contribution >= 4 is 23.3 Å². The molecule has 0 spiro atoms. The topological polar surface area (TPSA) is 40.3 Å². The minimum absolute atomic E-state index is 0.721. The molecule has 0 N–H and O–H groups in total. The Morgan fingerprint density at radius 3 is 3.06 bits per heavy atom. The Balaban J connectivity index is 1.90. The molecule has 18 heavy (non-hydrogen) atoms. The summed E-state index contributed by atoms with van der Waals surface area (Å²) in [6, 6.07) is 8.10. The first-order valence-corrected chi connectivity index (χ1v) is 5.87. The molecule has 86 valence electrons. The minimum atomic E-state index is 0.721.